The van der Waals surface area contributed by atoms with Crippen molar-refractivity contribution in [2.24, 2.45) is 0 Å². The maximum atomic E-state index is 11.2. The van der Waals surface area contributed by atoms with E-state index in [-0.39, 0.29) is 0 Å². The summed E-state index contributed by atoms with van der Waals surface area (Å²) in [6.45, 7) is 0. The molecule has 2 N–H and O–H groups in total. The molecule has 0 radical (unpaired) electrons. The van der Waals surface area contributed by atoms with Crippen LogP contribution >= 0.6 is 0 Å². The van der Waals surface area contributed by atoms with E-state index >= 15 is 0 Å². The molecule has 1 aromatic carbocycles. The predicted octanol–water partition coefficient (Wildman–Crippen LogP) is 0.216. The van der Waals surface area contributed by atoms with E-state index in [2.05, 4.69) is 0 Å². The molecule has 0 bridgehead atoms. The molecule has 2 rings (SSSR count). The second kappa shape index (κ2) is 2.34. The molecule has 0 aliphatic carbocycles. The molecular formula is C8H6N2O2. The molecule has 1 aromatic heterocycles. The quantitative estimate of drug-likeness (QED) is 0.583. The third kappa shape index (κ3) is 0.934. The summed E-state index contributed by atoms with van der Waals surface area (Å²) in [4.78, 5) is 24.9. The molecule has 0 saturated heterocycles. The van der Waals surface area contributed by atoms with Crippen molar-refractivity contribution < 1.29 is 1.41 Å². The molecule has 0 aliphatic heterocycles. The average molecular weight is 163 g/mol. The van der Waals surface area contributed by atoms with Gasteiger partial charge in [0.05, 0.1) is 10.9 Å². The highest BCUT2D eigenvalue weighted by molar-refractivity contribution is 5.76. The van der Waals surface area contributed by atoms with Gasteiger partial charge in [-0.15, -0.1) is 0 Å². The number of rotatable bonds is 0. The first kappa shape index (κ1) is 5.77. The first-order valence-corrected chi connectivity index (χ1v) is 3.43. The van der Waals surface area contributed by atoms with Gasteiger partial charge in [0.1, 0.15) is 0 Å². The zero-order valence-corrected chi connectivity index (χ0v) is 6.07. The van der Waals surface area contributed by atoms with Crippen LogP contribution in [0.2, 0.25) is 1.41 Å². The molecule has 12 heavy (non-hydrogen) atoms. The first-order valence-electron chi connectivity index (χ1n) is 3.88. The zero-order chi connectivity index (χ0) is 9.42. The summed E-state index contributed by atoms with van der Waals surface area (Å²) in [5.74, 6) is 0. The van der Waals surface area contributed by atoms with E-state index < -0.39 is 11.2 Å². The molecule has 0 aliphatic rings. The van der Waals surface area contributed by atoms with Crippen LogP contribution in [0.25, 0.3) is 10.9 Å². The van der Waals surface area contributed by atoms with Crippen molar-refractivity contribution in [3.8, 4) is 0 Å². The lowest BCUT2D eigenvalue weighted by molar-refractivity contribution is 1.08. The summed E-state index contributed by atoms with van der Waals surface area (Å²) < 4.78 is 7.32. The van der Waals surface area contributed by atoms with Gasteiger partial charge in [-0.2, -0.15) is 0 Å². The standard InChI is InChI=1S/C8H6N2O2/c11-7-5-3-1-2-4-6(5)9-8(12)10-7/h1-4H,(H2,9,10,11,12)/i/hD. The largest absolute Gasteiger partial charge is 0.326 e. The van der Waals surface area contributed by atoms with Crippen molar-refractivity contribution in [2.45, 2.75) is 0 Å². The van der Waals surface area contributed by atoms with E-state index in [9.17, 15) is 9.59 Å². The number of hydrogen-bond donors (Lipinski definition) is 2. The SMILES string of the molecule is [2H]n1c(=O)[nH]c(=O)c2ccccc21. The topological polar surface area (TPSA) is 65.7 Å². The monoisotopic (exact) mass is 163 g/mol. The number of benzene rings is 1. The van der Waals surface area contributed by atoms with Gasteiger partial charge in [0.25, 0.3) is 5.56 Å². The fraction of sp³-hybridized carbons (Fsp3) is 0. The Morgan fingerprint density at radius 1 is 1.25 bits per heavy atom. The van der Waals surface area contributed by atoms with Crippen LogP contribution < -0.4 is 11.2 Å². The molecule has 4 heteroatoms. The summed E-state index contributed by atoms with van der Waals surface area (Å²) >= 11 is 0. The Kier molecular flexibility index (Phi) is 1.12. The Morgan fingerprint density at radius 3 is 2.83 bits per heavy atom. The average Bonchev–Trinajstić information content (AvgIpc) is 2.15. The number of H-pyrrole nitrogens is 2. The Bertz CT molecular complexity index is 570. The Morgan fingerprint density at radius 2 is 2.00 bits per heavy atom. The van der Waals surface area contributed by atoms with Gasteiger partial charge >= 0.3 is 5.69 Å². The normalized spacial score (nSPS) is 11.5. The van der Waals surface area contributed by atoms with Crippen LogP contribution in [0.3, 0.4) is 0 Å². The number of aromatic amines is 2. The molecule has 0 saturated carbocycles. The van der Waals surface area contributed by atoms with Crippen LogP contribution in [0.1, 0.15) is 0 Å². The first-order chi connectivity index (χ1) is 6.20. The van der Waals surface area contributed by atoms with E-state index in [0.29, 0.717) is 15.9 Å². The number of para-hydroxylation sites is 1. The molecule has 2 aromatic rings. The highest BCUT2D eigenvalue weighted by atomic mass is 16.2. The third-order valence-corrected chi connectivity index (χ3v) is 1.59. The van der Waals surface area contributed by atoms with Crippen molar-refractivity contribution in [1.29, 1.82) is 0 Å². The van der Waals surface area contributed by atoms with Crippen molar-refractivity contribution in [3.63, 3.8) is 0 Å². The summed E-state index contributed by atoms with van der Waals surface area (Å²) in [6, 6.07) is 6.48. The van der Waals surface area contributed by atoms with Crippen LogP contribution in [0.15, 0.2) is 33.9 Å². The minimum Gasteiger partial charge on any atom is -0.307 e. The zero-order valence-electron chi connectivity index (χ0n) is 7.07. The summed E-state index contributed by atoms with van der Waals surface area (Å²) in [7, 11) is 0. The van der Waals surface area contributed by atoms with Gasteiger partial charge in [0, 0.05) is 0 Å². The lowest BCUT2D eigenvalue weighted by atomic mass is 10.2. The molecule has 0 spiro atoms. The third-order valence-electron chi connectivity index (χ3n) is 1.59. The molecule has 0 fully saturated rings. The second-order valence-electron chi connectivity index (χ2n) is 2.39. The Balaban J connectivity index is 3.15. The van der Waals surface area contributed by atoms with Gasteiger partial charge in [-0.25, -0.2) is 4.79 Å². The molecule has 0 atom stereocenters. The molecule has 0 unspecified atom stereocenters. The maximum absolute atomic E-state index is 11.2. The smallest absolute Gasteiger partial charge is 0.307 e. The molecule has 0 amide bonds. The Hall–Kier alpha value is -1.84. The van der Waals surface area contributed by atoms with E-state index in [0.717, 1.165) is 0 Å². The van der Waals surface area contributed by atoms with Crippen LogP contribution in [-0.2, 0) is 0 Å². The fourth-order valence-electron chi connectivity index (χ4n) is 1.06. The van der Waals surface area contributed by atoms with Gasteiger partial charge < -0.3 is 4.98 Å². The van der Waals surface area contributed by atoms with Gasteiger partial charge in [-0.05, 0) is 12.1 Å². The number of aromatic nitrogens is 2. The van der Waals surface area contributed by atoms with Crippen LogP contribution in [0.5, 0.6) is 0 Å². The van der Waals surface area contributed by atoms with E-state index in [1.807, 2.05) is 4.98 Å². The van der Waals surface area contributed by atoms with Crippen LogP contribution in [0.4, 0.5) is 0 Å². The number of nitrogens with one attached hydrogen (secondary N) is 2. The lowest BCUT2D eigenvalue weighted by Gasteiger charge is -1.92. The summed E-state index contributed by atoms with van der Waals surface area (Å²) in [6.07, 6.45) is 0. The second-order valence-corrected chi connectivity index (χ2v) is 2.39. The van der Waals surface area contributed by atoms with Crippen molar-refractivity contribution in [2.75, 3.05) is 0 Å². The lowest BCUT2D eigenvalue weighted by Crippen LogP contribution is -2.21. The highest BCUT2D eigenvalue weighted by Crippen LogP contribution is 2.01. The number of fused-ring (bicyclic) bond motifs is 1. The van der Waals surface area contributed by atoms with Gasteiger partial charge in [-0.1, -0.05) is 12.1 Å². The van der Waals surface area contributed by atoms with Crippen LogP contribution in [-0.4, -0.2) is 9.96 Å². The van der Waals surface area contributed by atoms with Gasteiger partial charge in [-0.3, -0.25) is 9.78 Å². The highest BCUT2D eigenvalue weighted by Gasteiger charge is 1.96. The minimum absolute atomic E-state index is 0.316. The van der Waals surface area contributed by atoms with E-state index in [1.54, 1.807) is 24.3 Å². The predicted molar refractivity (Wildman–Crippen MR) is 45.2 cm³/mol. The van der Waals surface area contributed by atoms with Crippen molar-refractivity contribution >= 4 is 10.9 Å². The number of hydrogen-bond acceptors (Lipinski definition) is 2. The van der Waals surface area contributed by atoms with E-state index in [1.165, 1.54) is 0 Å². The van der Waals surface area contributed by atoms with E-state index in [4.69, 9.17) is 1.41 Å². The molecular weight excluding hydrogens is 156 g/mol. The Labute approximate surface area is 68.3 Å². The van der Waals surface area contributed by atoms with Crippen LogP contribution in [0, 0.1) is 0 Å². The fourth-order valence-corrected chi connectivity index (χ4v) is 1.06. The molecule has 60 valence electrons. The van der Waals surface area contributed by atoms with Gasteiger partial charge in [0.15, 0.2) is 1.41 Å². The maximum Gasteiger partial charge on any atom is 0.326 e. The minimum atomic E-state index is -0.719. The molecule has 1 heterocycles. The van der Waals surface area contributed by atoms with Gasteiger partial charge in [0.2, 0.25) is 0 Å². The van der Waals surface area contributed by atoms with Crippen molar-refractivity contribution in [3.05, 3.63) is 45.1 Å². The molecule has 4 nitrogen and oxygen atoms in total. The van der Waals surface area contributed by atoms with Crippen molar-refractivity contribution in [1.82, 2.24) is 9.96 Å². The summed E-state index contributed by atoms with van der Waals surface area (Å²) in [5.41, 5.74) is -0.857. The summed E-state index contributed by atoms with van der Waals surface area (Å²) in [5, 5.41) is 0.345.